The Morgan fingerprint density at radius 1 is 1.43 bits per heavy atom. The van der Waals surface area contributed by atoms with E-state index in [0.29, 0.717) is 23.9 Å². The van der Waals surface area contributed by atoms with E-state index in [9.17, 15) is 9.90 Å². The maximum atomic E-state index is 12.3. The fourth-order valence-electron chi connectivity index (χ4n) is 2.15. The molecule has 1 aromatic carbocycles. The Hall–Kier alpha value is -2.41. The quantitative estimate of drug-likeness (QED) is 0.884. The number of hydrogen-bond acceptors (Lipinski definition) is 5. The number of nitrogens with one attached hydrogen (secondary N) is 1. The van der Waals surface area contributed by atoms with Crippen molar-refractivity contribution in [2.75, 3.05) is 18.4 Å². The molecule has 0 fully saturated rings. The van der Waals surface area contributed by atoms with Crippen molar-refractivity contribution in [3.05, 3.63) is 30.2 Å². The molecular formula is C16H22N4O3. The lowest BCUT2D eigenvalue weighted by Gasteiger charge is -2.28. The number of likely N-dealkylation sites (N-methyl/N-ethyl adjacent to an activating group) is 1. The van der Waals surface area contributed by atoms with E-state index in [1.807, 2.05) is 19.1 Å². The Labute approximate surface area is 135 Å². The minimum atomic E-state index is -0.947. The molecule has 1 aromatic heterocycles. The van der Waals surface area contributed by atoms with Crippen molar-refractivity contribution in [1.29, 1.82) is 0 Å². The van der Waals surface area contributed by atoms with Crippen molar-refractivity contribution in [2.24, 2.45) is 0 Å². The van der Waals surface area contributed by atoms with E-state index in [2.05, 4.69) is 15.5 Å². The number of benzene rings is 1. The summed E-state index contributed by atoms with van der Waals surface area (Å²) in [4.78, 5) is 18.0. The van der Waals surface area contributed by atoms with Crippen LogP contribution < -0.4 is 5.32 Å². The first kappa shape index (κ1) is 17.0. The Bertz CT molecular complexity index is 676. The normalized spacial score (nSPS) is 11.3. The minimum absolute atomic E-state index is 0.249. The molecule has 7 heteroatoms. The summed E-state index contributed by atoms with van der Waals surface area (Å²) >= 11 is 0. The van der Waals surface area contributed by atoms with Crippen LogP contribution in [0.25, 0.3) is 11.4 Å². The third kappa shape index (κ3) is 4.79. The SMILES string of the molecule is CCN(CC(C)(C)O)C(=O)Nc1cccc(-c2noc(C)n2)c1. The molecule has 2 rings (SSSR count). The monoisotopic (exact) mass is 318 g/mol. The number of aryl methyl sites for hydroxylation is 1. The van der Waals surface area contributed by atoms with E-state index in [4.69, 9.17) is 4.52 Å². The molecule has 1 heterocycles. The fourth-order valence-corrected chi connectivity index (χ4v) is 2.15. The lowest BCUT2D eigenvalue weighted by molar-refractivity contribution is 0.0501. The van der Waals surface area contributed by atoms with Crippen LogP contribution in [0.4, 0.5) is 10.5 Å². The first-order valence-electron chi connectivity index (χ1n) is 7.47. The molecule has 0 aliphatic carbocycles. The summed E-state index contributed by atoms with van der Waals surface area (Å²) in [6.45, 7) is 7.67. The molecule has 0 saturated carbocycles. The molecule has 0 spiro atoms. The largest absolute Gasteiger partial charge is 0.389 e. The molecule has 0 saturated heterocycles. The number of urea groups is 1. The van der Waals surface area contributed by atoms with Gasteiger partial charge in [0.15, 0.2) is 0 Å². The number of aliphatic hydroxyl groups is 1. The van der Waals surface area contributed by atoms with E-state index < -0.39 is 5.60 Å². The van der Waals surface area contributed by atoms with Gasteiger partial charge in [-0.25, -0.2) is 4.79 Å². The number of carbonyl (C=O) groups is 1. The summed E-state index contributed by atoms with van der Waals surface area (Å²) in [7, 11) is 0. The van der Waals surface area contributed by atoms with Crippen LogP contribution in [0.5, 0.6) is 0 Å². The third-order valence-corrected chi connectivity index (χ3v) is 3.15. The predicted octanol–water partition coefficient (Wildman–Crippen LogP) is 2.67. The Kier molecular flexibility index (Phi) is 5.00. The summed E-state index contributed by atoms with van der Waals surface area (Å²) in [6.07, 6.45) is 0. The highest BCUT2D eigenvalue weighted by atomic mass is 16.5. The molecule has 0 atom stereocenters. The molecule has 0 bridgehead atoms. The summed E-state index contributed by atoms with van der Waals surface area (Å²) in [5, 5.41) is 16.6. The number of carbonyl (C=O) groups excluding carboxylic acids is 1. The second kappa shape index (κ2) is 6.78. The lowest BCUT2D eigenvalue weighted by Crippen LogP contribution is -2.44. The van der Waals surface area contributed by atoms with Gasteiger partial charge >= 0.3 is 6.03 Å². The Balaban J connectivity index is 2.12. The molecule has 124 valence electrons. The van der Waals surface area contributed by atoms with Crippen molar-refractivity contribution >= 4 is 11.7 Å². The number of hydrogen-bond donors (Lipinski definition) is 2. The molecule has 23 heavy (non-hydrogen) atoms. The second-order valence-electron chi connectivity index (χ2n) is 5.97. The molecule has 0 unspecified atom stereocenters. The topological polar surface area (TPSA) is 91.5 Å². The third-order valence-electron chi connectivity index (χ3n) is 3.15. The van der Waals surface area contributed by atoms with Gasteiger partial charge in [0.1, 0.15) is 0 Å². The van der Waals surface area contributed by atoms with Crippen molar-refractivity contribution in [3.8, 4) is 11.4 Å². The molecule has 2 aromatic rings. The van der Waals surface area contributed by atoms with Gasteiger partial charge in [0, 0.05) is 24.7 Å². The number of rotatable bonds is 5. The summed E-state index contributed by atoms with van der Waals surface area (Å²) in [5.74, 6) is 0.958. The maximum Gasteiger partial charge on any atom is 0.321 e. The van der Waals surface area contributed by atoms with Crippen LogP contribution in [0.2, 0.25) is 0 Å². The molecule has 0 radical (unpaired) electrons. The van der Waals surface area contributed by atoms with Crippen LogP contribution in [-0.2, 0) is 0 Å². The van der Waals surface area contributed by atoms with E-state index in [1.165, 1.54) is 0 Å². The summed E-state index contributed by atoms with van der Waals surface area (Å²) in [5.41, 5.74) is 0.437. The van der Waals surface area contributed by atoms with Crippen molar-refractivity contribution < 1.29 is 14.4 Å². The number of nitrogens with zero attached hydrogens (tertiary/aromatic N) is 3. The van der Waals surface area contributed by atoms with Gasteiger partial charge in [-0.2, -0.15) is 4.98 Å². The number of aromatic nitrogens is 2. The zero-order chi connectivity index (χ0) is 17.0. The summed E-state index contributed by atoms with van der Waals surface area (Å²) in [6, 6.07) is 6.94. The van der Waals surface area contributed by atoms with Gasteiger partial charge in [-0.15, -0.1) is 0 Å². The fraction of sp³-hybridized carbons (Fsp3) is 0.438. The lowest BCUT2D eigenvalue weighted by atomic mass is 10.1. The molecule has 0 aliphatic heterocycles. The van der Waals surface area contributed by atoms with Gasteiger partial charge in [-0.05, 0) is 32.9 Å². The van der Waals surface area contributed by atoms with Crippen molar-refractivity contribution in [1.82, 2.24) is 15.0 Å². The first-order valence-corrected chi connectivity index (χ1v) is 7.47. The molecular weight excluding hydrogens is 296 g/mol. The number of anilines is 1. The van der Waals surface area contributed by atoms with Crippen LogP contribution in [0.15, 0.2) is 28.8 Å². The van der Waals surface area contributed by atoms with Crippen LogP contribution in [-0.4, -0.2) is 44.9 Å². The van der Waals surface area contributed by atoms with Gasteiger partial charge in [-0.3, -0.25) is 0 Å². The second-order valence-corrected chi connectivity index (χ2v) is 5.97. The minimum Gasteiger partial charge on any atom is -0.389 e. The highest BCUT2D eigenvalue weighted by molar-refractivity contribution is 5.90. The van der Waals surface area contributed by atoms with E-state index >= 15 is 0 Å². The summed E-state index contributed by atoms with van der Waals surface area (Å²) < 4.78 is 4.97. The number of amides is 2. The Morgan fingerprint density at radius 3 is 2.74 bits per heavy atom. The molecule has 2 amide bonds. The highest BCUT2D eigenvalue weighted by Crippen LogP contribution is 2.20. The van der Waals surface area contributed by atoms with Gasteiger partial charge in [0.25, 0.3) is 0 Å². The van der Waals surface area contributed by atoms with Gasteiger partial charge in [0.05, 0.1) is 12.1 Å². The van der Waals surface area contributed by atoms with Gasteiger partial charge in [-0.1, -0.05) is 17.3 Å². The zero-order valence-corrected chi connectivity index (χ0v) is 13.8. The first-order chi connectivity index (χ1) is 10.8. The van der Waals surface area contributed by atoms with E-state index in [1.54, 1.807) is 37.8 Å². The van der Waals surface area contributed by atoms with Crippen LogP contribution >= 0.6 is 0 Å². The van der Waals surface area contributed by atoms with E-state index in [-0.39, 0.29) is 12.6 Å². The zero-order valence-electron chi connectivity index (χ0n) is 13.8. The molecule has 2 N–H and O–H groups in total. The average Bonchev–Trinajstić information content (AvgIpc) is 2.90. The predicted molar refractivity (Wildman–Crippen MR) is 87.0 cm³/mol. The van der Waals surface area contributed by atoms with Crippen LogP contribution in [0, 0.1) is 6.92 Å². The Morgan fingerprint density at radius 2 is 2.17 bits per heavy atom. The maximum absolute atomic E-state index is 12.3. The van der Waals surface area contributed by atoms with Crippen LogP contribution in [0.1, 0.15) is 26.7 Å². The van der Waals surface area contributed by atoms with E-state index in [0.717, 1.165) is 5.56 Å². The van der Waals surface area contributed by atoms with Crippen LogP contribution in [0.3, 0.4) is 0 Å². The van der Waals surface area contributed by atoms with Crippen molar-refractivity contribution in [2.45, 2.75) is 33.3 Å². The average molecular weight is 318 g/mol. The standard InChI is InChI=1S/C16H22N4O3/c1-5-20(10-16(3,4)22)15(21)18-13-8-6-7-12(9-13)14-17-11(2)23-19-14/h6-9,22H,5,10H2,1-4H3,(H,18,21). The molecule has 0 aliphatic rings. The molecule has 7 nitrogen and oxygen atoms in total. The van der Waals surface area contributed by atoms with Crippen molar-refractivity contribution in [3.63, 3.8) is 0 Å². The van der Waals surface area contributed by atoms with Gasteiger partial charge in [0.2, 0.25) is 11.7 Å². The highest BCUT2D eigenvalue weighted by Gasteiger charge is 2.21. The van der Waals surface area contributed by atoms with Gasteiger partial charge < -0.3 is 19.8 Å². The smallest absolute Gasteiger partial charge is 0.321 e.